The van der Waals surface area contributed by atoms with Gasteiger partial charge in [-0.3, -0.25) is 5.32 Å². The Labute approximate surface area is 93.8 Å². The van der Waals surface area contributed by atoms with Gasteiger partial charge in [-0.15, -0.1) is 0 Å². The SMILES string of the molecule is N#CC(CSCc1ccco1)NC1CC1. The van der Waals surface area contributed by atoms with Crippen LogP contribution in [0, 0.1) is 11.3 Å². The molecule has 0 aliphatic heterocycles. The fraction of sp³-hybridized carbons (Fsp3) is 0.545. The summed E-state index contributed by atoms with van der Waals surface area (Å²) in [5.74, 6) is 2.65. The fourth-order valence-corrected chi connectivity index (χ4v) is 2.22. The number of hydrogen-bond acceptors (Lipinski definition) is 4. The Bertz CT molecular complexity index is 327. The lowest BCUT2D eigenvalue weighted by atomic mass is 10.4. The molecule has 0 bridgehead atoms. The van der Waals surface area contributed by atoms with Crippen LogP contribution in [0.25, 0.3) is 0 Å². The molecule has 0 saturated heterocycles. The van der Waals surface area contributed by atoms with Gasteiger partial charge in [-0.2, -0.15) is 17.0 Å². The molecule has 80 valence electrons. The predicted molar refractivity (Wildman–Crippen MR) is 60.4 cm³/mol. The quantitative estimate of drug-likeness (QED) is 0.801. The lowest BCUT2D eigenvalue weighted by Crippen LogP contribution is -2.31. The van der Waals surface area contributed by atoms with Gasteiger partial charge >= 0.3 is 0 Å². The number of rotatable bonds is 6. The van der Waals surface area contributed by atoms with Crippen LogP contribution in [0.5, 0.6) is 0 Å². The number of nitriles is 1. The first-order valence-corrected chi connectivity index (χ1v) is 6.30. The molecule has 1 aromatic rings. The van der Waals surface area contributed by atoms with E-state index in [1.807, 2.05) is 12.1 Å². The highest BCUT2D eigenvalue weighted by atomic mass is 32.2. The van der Waals surface area contributed by atoms with Crippen LogP contribution in [0.2, 0.25) is 0 Å². The van der Waals surface area contributed by atoms with Crippen molar-refractivity contribution in [1.29, 1.82) is 5.26 Å². The molecule has 1 fully saturated rings. The second kappa shape index (κ2) is 5.24. The van der Waals surface area contributed by atoms with Crippen LogP contribution in [-0.4, -0.2) is 17.8 Å². The molecule has 4 heteroatoms. The summed E-state index contributed by atoms with van der Waals surface area (Å²) < 4.78 is 5.22. The second-order valence-electron chi connectivity index (χ2n) is 3.72. The van der Waals surface area contributed by atoms with Crippen LogP contribution in [0.1, 0.15) is 18.6 Å². The van der Waals surface area contributed by atoms with Gasteiger partial charge in [0.2, 0.25) is 0 Å². The Morgan fingerprint density at radius 1 is 1.67 bits per heavy atom. The van der Waals surface area contributed by atoms with Crippen LogP contribution < -0.4 is 5.32 Å². The van der Waals surface area contributed by atoms with Crippen molar-refractivity contribution in [2.75, 3.05) is 5.75 Å². The zero-order chi connectivity index (χ0) is 10.5. The first kappa shape index (κ1) is 10.6. The Hall–Kier alpha value is -0.920. The molecule has 1 aliphatic carbocycles. The molecule has 1 atom stereocenters. The summed E-state index contributed by atoms with van der Waals surface area (Å²) in [5, 5.41) is 12.2. The summed E-state index contributed by atoms with van der Waals surface area (Å²) in [6.45, 7) is 0. The fourth-order valence-electron chi connectivity index (χ4n) is 1.33. The zero-order valence-electron chi connectivity index (χ0n) is 8.48. The first-order chi connectivity index (χ1) is 7.38. The van der Waals surface area contributed by atoms with Crippen LogP contribution in [-0.2, 0) is 5.75 Å². The van der Waals surface area contributed by atoms with Crippen molar-refractivity contribution in [2.24, 2.45) is 0 Å². The van der Waals surface area contributed by atoms with E-state index in [2.05, 4.69) is 11.4 Å². The molecular weight excluding hydrogens is 208 g/mol. The third-order valence-electron chi connectivity index (χ3n) is 2.28. The predicted octanol–water partition coefficient (Wildman–Crippen LogP) is 2.16. The van der Waals surface area contributed by atoms with Crippen LogP contribution in [0.15, 0.2) is 22.8 Å². The molecule has 2 rings (SSSR count). The van der Waals surface area contributed by atoms with E-state index in [9.17, 15) is 0 Å². The third kappa shape index (κ3) is 3.61. The van der Waals surface area contributed by atoms with Crippen molar-refractivity contribution in [1.82, 2.24) is 5.32 Å². The Balaban J connectivity index is 1.65. The van der Waals surface area contributed by atoms with E-state index in [0.717, 1.165) is 17.3 Å². The summed E-state index contributed by atoms with van der Waals surface area (Å²) in [5.41, 5.74) is 0. The Kier molecular flexibility index (Phi) is 3.70. The molecule has 3 nitrogen and oxygen atoms in total. The number of nitrogens with zero attached hydrogens (tertiary/aromatic N) is 1. The minimum atomic E-state index is -0.0162. The molecular formula is C11H14N2OS. The Morgan fingerprint density at radius 3 is 3.13 bits per heavy atom. The van der Waals surface area contributed by atoms with Crippen LogP contribution >= 0.6 is 11.8 Å². The van der Waals surface area contributed by atoms with Gasteiger partial charge < -0.3 is 4.42 Å². The highest BCUT2D eigenvalue weighted by molar-refractivity contribution is 7.98. The number of furan rings is 1. The second-order valence-corrected chi connectivity index (χ2v) is 4.75. The van der Waals surface area contributed by atoms with Gasteiger partial charge in [0.15, 0.2) is 0 Å². The highest BCUT2D eigenvalue weighted by Crippen LogP contribution is 2.20. The smallest absolute Gasteiger partial charge is 0.113 e. The molecule has 1 N–H and O–H groups in total. The van der Waals surface area contributed by atoms with Gasteiger partial charge in [0.25, 0.3) is 0 Å². The van der Waals surface area contributed by atoms with E-state index >= 15 is 0 Å². The van der Waals surface area contributed by atoms with E-state index in [1.165, 1.54) is 12.8 Å². The molecule has 0 amide bonds. The number of thioether (sulfide) groups is 1. The molecule has 1 aromatic heterocycles. The van der Waals surface area contributed by atoms with Gasteiger partial charge in [-0.05, 0) is 25.0 Å². The van der Waals surface area contributed by atoms with E-state index < -0.39 is 0 Å². The molecule has 15 heavy (non-hydrogen) atoms. The lowest BCUT2D eigenvalue weighted by Gasteiger charge is -2.09. The summed E-state index contributed by atoms with van der Waals surface area (Å²) in [4.78, 5) is 0. The van der Waals surface area contributed by atoms with Crippen molar-refractivity contribution in [3.05, 3.63) is 24.2 Å². The maximum atomic E-state index is 8.91. The summed E-state index contributed by atoms with van der Waals surface area (Å²) in [7, 11) is 0. The average molecular weight is 222 g/mol. The molecule has 0 spiro atoms. The van der Waals surface area contributed by atoms with Gasteiger partial charge in [0.1, 0.15) is 11.8 Å². The normalized spacial score (nSPS) is 17.3. The lowest BCUT2D eigenvalue weighted by molar-refractivity contribution is 0.530. The van der Waals surface area contributed by atoms with E-state index in [-0.39, 0.29) is 6.04 Å². The summed E-state index contributed by atoms with van der Waals surface area (Å²) in [6, 6.07) is 6.72. The van der Waals surface area contributed by atoms with Crippen LogP contribution in [0.4, 0.5) is 0 Å². The molecule has 0 radical (unpaired) electrons. The molecule has 1 saturated carbocycles. The topological polar surface area (TPSA) is 49.0 Å². The minimum Gasteiger partial charge on any atom is -0.468 e. The summed E-state index contributed by atoms with van der Waals surface area (Å²) >= 11 is 1.73. The van der Waals surface area contributed by atoms with Gasteiger partial charge in [-0.25, -0.2) is 0 Å². The number of hydrogen-bond donors (Lipinski definition) is 1. The van der Waals surface area contributed by atoms with Crippen molar-refractivity contribution in [3.63, 3.8) is 0 Å². The summed E-state index contributed by atoms with van der Waals surface area (Å²) in [6.07, 6.45) is 4.13. The molecule has 0 aromatic carbocycles. The van der Waals surface area contributed by atoms with Crippen molar-refractivity contribution < 1.29 is 4.42 Å². The number of nitrogens with one attached hydrogen (secondary N) is 1. The minimum absolute atomic E-state index is 0.0162. The van der Waals surface area contributed by atoms with Crippen molar-refractivity contribution >= 4 is 11.8 Å². The first-order valence-electron chi connectivity index (χ1n) is 5.14. The molecule has 1 unspecified atom stereocenters. The van der Waals surface area contributed by atoms with E-state index in [4.69, 9.17) is 9.68 Å². The monoisotopic (exact) mass is 222 g/mol. The van der Waals surface area contributed by atoms with Crippen molar-refractivity contribution in [3.8, 4) is 6.07 Å². The molecule has 1 aliphatic rings. The standard InChI is InChI=1S/C11H14N2OS/c12-6-10(13-9-3-4-9)7-15-8-11-2-1-5-14-11/h1-2,5,9-10,13H,3-4,7-8H2. The third-order valence-corrected chi connectivity index (χ3v) is 3.34. The highest BCUT2D eigenvalue weighted by Gasteiger charge is 2.24. The maximum absolute atomic E-state index is 8.91. The van der Waals surface area contributed by atoms with Gasteiger partial charge in [0, 0.05) is 11.8 Å². The van der Waals surface area contributed by atoms with Gasteiger partial charge in [0.05, 0.1) is 18.1 Å². The van der Waals surface area contributed by atoms with Gasteiger partial charge in [-0.1, -0.05) is 0 Å². The zero-order valence-corrected chi connectivity index (χ0v) is 9.30. The maximum Gasteiger partial charge on any atom is 0.113 e. The van der Waals surface area contributed by atoms with Crippen LogP contribution in [0.3, 0.4) is 0 Å². The largest absolute Gasteiger partial charge is 0.468 e. The molecule has 1 heterocycles. The Morgan fingerprint density at radius 2 is 2.53 bits per heavy atom. The van der Waals surface area contributed by atoms with E-state index in [0.29, 0.717) is 6.04 Å². The average Bonchev–Trinajstić information content (AvgIpc) is 2.91. The van der Waals surface area contributed by atoms with Crippen molar-refractivity contribution in [2.45, 2.75) is 30.7 Å². The van der Waals surface area contributed by atoms with E-state index in [1.54, 1.807) is 18.0 Å².